The van der Waals surface area contributed by atoms with Crippen molar-refractivity contribution in [3.63, 3.8) is 0 Å². The summed E-state index contributed by atoms with van der Waals surface area (Å²) in [6.07, 6.45) is 0. The van der Waals surface area contributed by atoms with E-state index in [1.807, 2.05) is 19.1 Å². The zero-order chi connectivity index (χ0) is 18.0. The molecular weight excluding hydrogens is 314 g/mol. The first kappa shape index (κ1) is 17.0. The molecule has 1 aromatic heterocycles. The van der Waals surface area contributed by atoms with Crippen LogP contribution in [0.4, 0.5) is 11.4 Å². The summed E-state index contributed by atoms with van der Waals surface area (Å²) in [5.74, 6) is 0.441. The van der Waals surface area contributed by atoms with Gasteiger partial charge < -0.3 is 14.6 Å². The molecule has 5 nitrogen and oxygen atoms in total. The van der Waals surface area contributed by atoms with E-state index >= 15 is 0 Å². The van der Waals surface area contributed by atoms with Gasteiger partial charge in [-0.2, -0.15) is 0 Å². The van der Waals surface area contributed by atoms with Gasteiger partial charge in [0.15, 0.2) is 11.5 Å². The second-order valence-electron chi connectivity index (χ2n) is 6.04. The number of hydrogen-bond donors (Lipinski definition) is 1. The first-order chi connectivity index (χ1) is 12.0. The topological polar surface area (TPSA) is 58.4 Å². The second kappa shape index (κ2) is 6.97. The molecule has 2 aromatic carbocycles. The molecule has 0 saturated heterocycles. The highest BCUT2D eigenvalue weighted by molar-refractivity contribution is 6.06. The molecule has 3 rings (SSSR count). The van der Waals surface area contributed by atoms with E-state index in [4.69, 9.17) is 4.42 Å². The number of fused-ring (bicyclic) bond motifs is 1. The normalized spacial score (nSPS) is 10.9. The average Bonchev–Trinajstić information content (AvgIpc) is 2.97. The largest absolute Gasteiger partial charge is 0.441 e. The maximum absolute atomic E-state index is 12.6. The number of nitrogens with zero attached hydrogens (tertiary/aromatic N) is 2. The van der Waals surface area contributed by atoms with Crippen LogP contribution in [0.2, 0.25) is 0 Å². The molecule has 0 fully saturated rings. The summed E-state index contributed by atoms with van der Waals surface area (Å²) in [6, 6.07) is 11.4. The molecule has 0 unspecified atom stereocenters. The number of nitrogens with one attached hydrogen (secondary N) is 1. The van der Waals surface area contributed by atoms with E-state index in [0.717, 1.165) is 24.3 Å². The van der Waals surface area contributed by atoms with Crippen LogP contribution in [0.3, 0.4) is 0 Å². The van der Waals surface area contributed by atoms with Crippen LogP contribution in [0.15, 0.2) is 40.8 Å². The number of hydrogen-bond acceptors (Lipinski definition) is 4. The van der Waals surface area contributed by atoms with E-state index in [9.17, 15) is 4.79 Å². The predicted octanol–water partition coefficient (Wildman–Crippen LogP) is 4.54. The number of rotatable bonds is 5. The Morgan fingerprint density at radius 3 is 2.56 bits per heavy atom. The Kier molecular flexibility index (Phi) is 4.74. The minimum absolute atomic E-state index is 0.152. The fourth-order valence-electron chi connectivity index (χ4n) is 2.95. The summed E-state index contributed by atoms with van der Waals surface area (Å²) >= 11 is 0. The van der Waals surface area contributed by atoms with Crippen LogP contribution in [0, 0.1) is 13.8 Å². The molecule has 3 aromatic rings. The Labute approximate surface area is 147 Å². The van der Waals surface area contributed by atoms with Gasteiger partial charge in [0.1, 0.15) is 5.52 Å². The van der Waals surface area contributed by atoms with E-state index in [0.29, 0.717) is 22.6 Å². The van der Waals surface area contributed by atoms with Crippen molar-refractivity contribution >= 4 is 28.4 Å². The van der Waals surface area contributed by atoms with Gasteiger partial charge in [0.25, 0.3) is 5.91 Å². The molecule has 0 aliphatic heterocycles. The zero-order valence-electron chi connectivity index (χ0n) is 15.1. The van der Waals surface area contributed by atoms with Crippen LogP contribution in [0.25, 0.3) is 11.1 Å². The summed E-state index contributed by atoms with van der Waals surface area (Å²) in [5.41, 5.74) is 4.97. The predicted molar refractivity (Wildman–Crippen MR) is 101 cm³/mol. The molecule has 1 N–H and O–H groups in total. The van der Waals surface area contributed by atoms with Crippen molar-refractivity contribution < 1.29 is 9.21 Å². The number of aryl methyl sites for hydroxylation is 2. The van der Waals surface area contributed by atoms with Crippen molar-refractivity contribution in [3.8, 4) is 0 Å². The highest BCUT2D eigenvalue weighted by Gasteiger charge is 2.12. The molecule has 0 aliphatic rings. The quantitative estimate of drug-likeness (QED) is 0.742. The maximum atomic E-state index is 12.6. The number of anilines is 2. The van der Waals surface area contributed by atoms with E-state index in [1.165, 1.54) is 5.69 Å². The first-order valence-electron chi connectivity index (χ1n) is 8.56. The highest BCUT2D eigenvalue weighted by Crippen LogP contribution is 2.24. The maximum Gasteiger partial charge on any atom is 0.255 e. The minimum Gasteiger partial charge on any atom is -0.441 e. The van der Waals surface area contributed by atoms with Gasteiger partial charge in [-0.15, -0.1) is 0 Å². The number of amides is 1. The fourth-order valence-corrected chi connectivity index (χ4v) is 2.95. The molecule has 130 valence electrons. The van der Waals surface area contributed by atoms with Gasteiger partial charge >= 0.3 is 0 Å². The van der Waals surface area contributed by atoms with Crippen LogP contribution in [-0.2, 0) is 0 Å². The first-order valence-corrected chi connectivity index (χ1v) is 8.56. The third-order valence-electron chi connectivity index (χ3n) is 4.34. The Bertz CT molecular complexity index is 910. The lowest BCUT2D eigenvalue weighted by Crippen LogP contribution is -2.22. The third kappa shape index (κ3) is 3.50. The van der Waals surface area contributed by atoms with Gasteiger partial charge in [-0.1, -0.05) is 0 Å². The van der Waals surface area contributed by atoms with Crippen molar-refractivity contribution in [3.05, 3.63) is 53.4 Å². The van der Waals surface area contributed by atoms with Crippen LogP contribution in [0.5, 0.6) is 0 Å². The standard InChI is InChI=1S/C20H23N3O2/c1-5-23(6-2)16-8-9-17(13(3)11-16)22-20(24)15-7-10-19-18(12-15)21-14(4)25-19/h7-12H,5-6H2,1-4H3,(H,22,24). The summed E-state index contributed by atoms with van der Waals surface area (Å²) in [5, 5.41) is 2.98. The highest BCUT2D eigenvalue weighted by atomic mass is 16.3. The van der Waals surface area contributed by atoms with E-state index < -0.39 is 0 Å². The van der Waals surface area contributed by atoms with Gasteiger partial charge in [-0.3, -0.25) is 4.79 Å². The van der Waals surface area contributed by atoms with Crippen LogP contribution < -0.4 is 10.2 Å². The van der Waals surface area contributed by atoms with E-state index in [-0.39, 0.29) is 5.91 Å². The summed E-state index contributed by atoms with van der Waals surface area (Å²) < 4.78 is 5.45. The molecule has 0 atom stereocenters. The molecule has 0 radical (unpaired) electrons. The van der Waals surface area contributed by atoms with Gasteiger partial charge in [0, 0.05) is 37.0 Å². The SMILES string of the molecule is CCN(CC)c1ccc(NC(=O)c2ccc3oc(C)nc3c2)c(C)c1. The third-order valence-corrected chi connectivity index (χ3v) is 4.34. The molecule has 0 aliphatic carbocycles. The van der Waals surface area contributed by atoms with Crippen molar-refractivity contribution in [1.29, 1.82) is 0 Å². The van der Waals surface area contributed by atoms with Crippen LogP contribution >= 0.6 is 0 Å². The number of benzene rings is 2. The monoisotopic (exact) mass is 337 g/mol. The molecular formula is C20H23N3O2. The van der Waals surface area contributed by atoms with Crippen LogP contribution in [0.1, 0.15) is 35.7 Å². The second-order valence-corrected chi connectivity index (χ2v) is 6.04. The number of oxazole rings is 1. The lowest BCUT2D eigenvalue weighted by Gasteiger charge is -2.22. The molecule has 0 spiro atoms. The van der Waals surface area contributed by atoms with Crippen molar-refractivity contribution in [1.82, 2.24) is 4.98 Å². The van der Waals surface area contributed by atoms with Gasteiger partial charge in [-0.05, 0) is 62.7 Å². The van der Waals surface area contributed by atoms with Gasteiger partial charge in [-0.25, -0.2) is 4.98 Å². The number of aromatic nitrogens is 1. The zero-order valence-corrected chi connectivity index (χ0v) is 15.1. The lowest BCUT2D eigenvalue weighted by molar-refractivity contribution is 0.102. The van der Waals surface area contributed by atoms with Crippen molar-refractivity contribution in [2.75, 3.05) is 23.3 Å². The molecule has 1 heterocycles. The Hall–Kier alpha value is -2.82. The molecule has 25 heavy (non-hydrogen) atoms. The molecule has 0 bridgehead atoms. The number of carbonyl (C=O) groups is 1. The average molecular weight is 337 g/mol. The minimum atomic E-state index is -0.152. The Balaban J connectivity index is 1.81. The Morgan fingerprint density at radius 2 is 1.88 bits per heavy atom. The summed E-state index contributed by atoms with van der Waals surface area (Å²) in [4.78, 5) is 19.1. The van der Waals surface area contributed by atoms with E-state index in [1.54, 1.807) is 25.1 Å². The smallest absolute Gasteiger partial charge is 0.255 e. The van der Waals surface area contributed by atoms with Crippen molar-refractivity contribution in [2.24, 2.45) is 0 Å². The lowest BCUT2D eigenvalue weighted by atomic mass is 10.1. The molecule has 1 amide bonds. The molecule has 5 heteroatoms. The number of carbonyl (C=O) groups excluding carboxylic acids is 1. The van der Waals surface area contributed by atoms with Crippen LogP contribution in [-0.4, -0.2) is 24.0 Å². The van der Waals surface area contributed by atoms with E-state index in [2.05, 4.69) is 35.1 Å². The Morgan fingerprint density at radius 1 is 1.12 bits per heavy atom. The van der Waals surface area contributed by atoms with Gasteiger partial charge in [0.2, 0.25) is 0 Å². The fraction of sp³-hybridized carbons (Fsp3) is 0.300. The summed E-state index contributed by atoms with van der Waals surface area (Å²) in [6.45, 7) is 9.98. The van der Waals surface area contributed by atoms with Gasteiger partial charge in [0.05, 0.1) is 0 Å². The van der Waals surface area contributed by atoms with Crippen molar-refractivity contribution in [2.45, 2.75) is 27.7 Å². The molecule has 0 saturated carbocycles. The summed E-state index contributed by atoms with van der Waals surface area (Å²) in [7, 11) is 0.